The van der Waals surface area contributed by atoms with Gasteiger partial charge in [-0.1, -0.05) is 24.4 Å². The van der Waals surface area contributed by atoms with E-state index in [0.29, 0.717) is 0 Å². The van der Waals surface area contributed by atoms with Gasteiger partial charge < -0.3 is 15.7 Å². The molecule has 0 amide bonds. The molecule has 0 atom stereocenters. The zero-order valence-electron chi connectivity index (χ0n) is 7.42. The van der Waals surface area contributed by atoms with Gasteiger partial charge in [0.05, 0.1) is 0 Å². The van der Waals surface area contributed by atoms with Crippen LogP contribution in [0.1, 0.15) is 32.1 Å². The van der Waals surface area contributed by atoms with Gasteiger partial charge in [-0.2, -0.15) is 0 Å². The van der Waals surface area contributed by atoms with E-state index in [1.54, 1.807) is 7.11 Å². The summed E-state index contributed by atoms with van der Waals surface area (Å²) in [4.78, 5) is 0. The van der Waals surface area contributed by atoms with Gasteiger partial charge >= 0.3 is 0 Å². The Bertz CT molecular complexity index is 174. The second kappa shape index (κ2) is 3.76. The predicted molar refractivity (Wildman–Crippen MR) is 46.2 cm³/mol. The first-order chi connectivity index (χ1) is 5.75. The molecule has 1 aliphatic rings. The SMILES string of the molecule is COC1(/C(N)=N/O)CCCCC1. The number of hydrogen-bond acceptors (Lipinski definition) is 3. The van der Waals surface area contributed by atoms with Crippen LogP contribution < -0.4 is 5.73 Å². The quantitative estimate of drug-likeness (QED) is 0.283. The summed E-state index contributed by atoms with van der Waals surface area (Å²) in [6, 6.07) is 0. The molecule has 0 aromatic rings. The minimum Gasteiger partial charge on any atom is -0.409 e. The normalized spacial score (nSPS) is 23.9. The van der Waals surface area contributed by atoms with Gasteiger partial charge in [-0.15, -0.1) is 0 Å². The Morgan fingerprint density at radius 2 is 2.00 bits per heavy atom. The Labute approximate surface area is 72.4 Å². The van der Waals surface area contributed by atoms with Gasteiger partial charge in [-0.25, -0.2) is 0 Å². The van der Waals surface area contributed by atoms with Gasteiger partial charge in [-0.05, 0) is 12.8 Å². The van der Waals surface area contributed by atoms with Gasteiger partial charge in [0.1, 0.15) is 5.60 Å². The zero-order chi connectivity index (χ0) is 9.03. The van der Waals surface area contributed by atoms with E-state index in [2.05, 4.69) is 5.16 Å². The van der Waals surface area contributed by atoms with Crippen LogP contribution in [0.5, 0.6) is 0 Å². The van der Waals surface area contributed by atoms with Gasteiger partial charge in [0.15, 0.2) is 5.84 Å². The molecule has 1 aliphatic carbocycles. The Kier molecular flexibility index (Phi) is 2.92. The minimum absolute atomic E-state index is 0.213. The molecule has 1 rings (SSSR count). The van der Waals surface area contributed by atoms with Gasteiger partial charge in [0, 0.05) is 7.11 Å². The highest BCUT2D eigenvalue weighted by Gasteiger charge is 2.36. The molecule has 0 aromatic heterocycles. The average Bonchev–Trinajstić information content (AvgIpc) is 2.17. The van der Waals surface area contributed by atoms with Crippen LogP contribution in [0, 0.1) is 0 Å². The lowest BCUT2D eigenvalue weighted by molar-refractivity contribution is 0.0157. The summed E-state index contributed by atoms with van der Waals surface area (Å²) in [7, 11) is 1.61. The molecule has 0 unspecified atom stereocenters. The van der Waals surface area contributed by atoms with Crippen molar-refractivity contribution in [3.63, 3.8) is 0 Å². The van der Waals surface area contributed by atoms with Crippen LogP contribution in [-0.2, 0) is 4.74 Å². The van der Waals surface area contributed by atoms with E-state index >= 15 is 0 Å². The molecule has 0 bridgehead atoms. The van der Waals surface area contributed by atoms with Crippen molar-refractivity contribution in [2.24, 2.45) is 10.9 Å². The van der Waals surface area contributed by atoms with Crippen molar-refractivity contribution in [1.29, 1.82) is 0 Å². The van der Waals surface area contributed by atoms with E-state index in [1.807, 2.05) is 0 Å². The number of hydrogen-bond donors (Lipinski definition) is 2. The molecule has 0 heterocycles. The third kappa shape index (κ3) is 1.53. The average molecular weight is 172 g/mol. The monoisotopic (exact) mass is 172 g/mol. The maximum Gasteiger partial charge on any atom is 0.171 e. The van der Waals surface area contributed by atoms with E-state index in [0.717, 1.165) is 25.7 Å². The first-order valence-corrected chi connectivity index (χ1v) is 4.28. The standard InChI is InChI=1S/C8H16N2O2/c1-12-8(7(9)10-11)5-3-2-4-6-8/h11H,2-6H2,1H3,(H2,9,10). The second-order valence-corrected chi connectivity index (χ2v) is 3.24. The summed E-state index contributed by atoms with van der Waals surface area (Å²) in [5.41, 5.74) is 5.08. The third-order valence-electron chi connectivity index (χ3n) is 2.63. The summed E-state index contributed by atoms with van der Waals surface area (Å²) in [5.74, 6) is 0.213. The Hall–Kier alpha value is -0.770. The van der Waals surface area contributed by atoms with Crippen molar-refractivity contribution in [3.05, 3.63) is 0 Å². The van der Waals surface area contributed by atoms with Crippen LogP contribution in [0.2, 0.25) is 0 Å². The number of amidine groups is 1. The summed E-state index contributed by atoms with van der Waals surface area (Å²) < 4.78 is 5.32. The number of oxime groups is 1. The van der Waals surface area contributed by atoms with Crippen molar-refractivity contribution in [2.75, 3.05) is 7.11 Å². The van der Waals surface area contributed by atoms with E-state index in [9.17, 15) is 0 Å². The van der Waals surface area contributed by atoms with Gasteiger partial charge in [0.25, 0.3) is 0 Å². The smallest absolute Gasteiger partial charge is 0.171 e. The summed E-state index contributed by atoms with van der Waals surface area (Å²) in [6.45, 7) is 0. The van der Waals surface area contributed by atoms with Crippen molar-refractivity contribution in [1.82, 2.24) is 0 Å². The zero-order valence-corrected chi connectivity index (χ0v) is 7.42. The van der Waals surface area contributed by atoms with Crippen LogP contribution >= 0.6 is 0 Å². The first-order valence-electron chi connectivity index (χ1n) is 4.28. The maximum absolute atomic E-state index is 8.57. The van der Waals surface area contributed by atoms with Crippen LogP contribution in [0.4, 0.5) is 0 Å². The highest BCUT2D eigenvalue weighted by atomic mass is 16.5. The Balaban J connectivity index is 2.73. The largest absolute Gasteiger partial charge is 0.409 e. The van der Waals surface area contributed by atoms with Crippen molar-refractivity contribution >= 4 is 5.84 Å². The number of methoxy groups -OCH3 is 1. The maximum atomic E-state index is 8.57. The van der Waals surface area contributed by atoms with Crippen molar-refractivity contribution in [3.8, 4) is 0 Å². The lowest BCUT2D eigenvalue weighted by Crippen LogP contribution is -2.47. The molecule has 3 N–H and O–H groups in total. The minimum atomic E-state index is -0.493. The highest BCUT2D eigenvalue weighted by Crippen LogP contribution is 2.31. The van der Waals surface area contributed by atoms with Crippen molar-refractivity contribution in [2.45, 2.75) is 37.7 Å². The molecular formula is C8H16N2O2. The summed E-state index contributed by atoms with van der Waals surface area (Å²) >= 11 is 0. The number of nitrogens with zero attached hydrogens (tertiary/aromatic N) is 1. The van der Waals surface area contributed by atoms with Crippen LogP contribution in [0.15, 0.2) is 5.16 Å². The van der Waals surface area contributed by atoms with E-state index in [4.69, 9.17) is 15.7 Å². The summed E-state index contributed by atoms with van der Waals surface area (Å²) in [5, 5.41) is 11.6. The van der Waals surface area contributed by atoms with E-state index in [1.165, 1.54) is 6.42 Å². The van der Waals surface area contributed by atoms with Crippen LogP contribution in [-0.4, -0.2) is 23.8 Å². The lowest BCUT2D eigenvalue weighted by Gasteiger charge is -2.34. The molecule has 70 valence electrons. The fourth-order valence-electron chi connectivity index (χ4n) is 1.78. The topological polar surface area (TPSA) is 67.8 Å². The van der Waals surface area contributed by atoms with Crippen molar-refractivity contribution < 1.29 is 9.94 Å². The lowest BCUT2D eigenvalue weighted by atomic mass is 9.84. The number of ether oxygens (including phenoxy) is 1. The van der Waals surface area contributed by atoms with E-state index in [-0.39, 0.29) is 5.84 Å². The molecule has 0 aromatic carbocycles. The molecule has 0 saturated heterocycles. The molecule has 4 nitrogen and oxygen atoms in total. The molecule has 12 heavy (non-hydrogen) atoms. The Morgan fingerprint density at radius 3 is 2.42 bits per heavy atom. The highest BCUT2D eigenvalue weighted by molar-refractivity contribution is 5.88. The van der Waals surface area contributed by atoms with E-state index < -0.39 is 5.60 Å². The third-order valence-corrected chi connectivity index (χ3v) is 2.63. The fraction of sp³-hybridized carbons (Fsp3) is 0.875. The van der Waals surface area contributed by atoms with Crippen LogP contribution in [0.25, 0.3) is 0 Å². The molecule has 4 heteroatoms. The second-order valence-electron chi connectivity index (χ2n) is 3.24. The van der Waals surface area contributed by atoms with Crippen LogP contribution in [0.3, 0.4) is 0 Å². The molecule has 0 radical (unpaired) electrons. The molecule has 0 aliphatic heterocycles. The fourth-order valence-corrected chi connectivity index (χ4v) is 1.78. The molecular weight excluding hydrogens is 156 g/mol. The van der Waals surface area contributed by atoms with Gasteiger partial charge in [-0.3, -0.25) is 0 Å². The van der Waals surface area contributed by atoms with Gasteiger partial charge in [0.2, 0.25) is 0 Å². The molecule has 1 fully saturated rings. The summed E-state index contributed by atoms with van der Waals surface area (Å²) in [6.07, 6.45) is 5.11. The number of nitrogens with two attached hydrogens (primary N) is 1. The molecule has 0 spiro atoms. The number of rotatable bonds is 2. The predicted octanol–water partition coefficient (Wildman–Crippen LogP) is 1.08. The Morgan fingerprint density at radius 1 is 1.42 bits per heavy atom. The molecule has 1 saturated carbocycles. The first kappa shape index (κ1) is 9.32.